The van der Waals surface area contributed by atoms with E-state index in [1.807, 2.05) is 0 Å². The zero-order valence-electron chi connectivity index (χ0n) is 15.4. The number of ether oxygens (including phenoxy) is 2. The summed E-state index contributed by atoms with van der Waals surface area (Å²) in [6.07, 6.45) is -3.11. The lowest BCUT2D eigenvalue weighted by Gasteiger charge is -2.13. The molecule has 1 N–H and O–H groups in total. The number of carbonyl (C=O) groups excluding carboxylic acids is 1. The predicted octanol–water partition coefficient (Wildman–Crippen LogP) is 4.73. The van der Waals surface area contributed by atoms with Gasteiger partial charge >= 0.3 is 6.18 Å². The topological polar surface area (TPSA) is 60.5 Å². The van der Waals surface area contributed by atoms with Crippen molar-refractivity contribution in [3.63, 3.8) is 0 Å². The van der Waals surface area contributed by atoms with Gasteiger partial charge in [-0.15, -0.1) is 0 Å². The molecular weight excluding hydrogens is 404 g/mol. The van der Waals surface area contributed by atoms with Crippen molar-refractivity contribution in [2.75, 3.05) is 6.61 Å². The highest BCUT2D eigenvalue weighted by atomic mass is 19.4. The quantitative estimate of drug-likeness (QED) is 0.562. The Labute approximate surface area is 169 Å². The minimum Gasteiger partial charge on any atom is -0.483 e. The first-order valence-electron chi connectivity index (χ1n) is 8.75. The Balaban J connectivity index is 1.53. The van der Waals surface area contributed by atoms with Crippen LogP contribution in [0.4, 0.5) is 17.6 Å². The summed E-state index contributed by atoms with van der Waals surface area (Å²) in [5.74, 6) is -0.777. The maximum Gasteiger partial charge on any atom is 0.419 e. The predicted molar refractivity (Wildman–Crippen MR) is 99.5 cm³/mol. The van der Waals surface area contributed by atoms with E-state index >= 15 is 0 Å². The lowest BCUT2D eigenvalue weighted by Crippen LogP contribution is -2.28. The summed E-state index contributed by atoms with van der Waals surface area (Å²) in [5.41, 5.74) is -0.305. The second kappa shape index (κ2) is 9.25. The van der Waals surface area contributed by atoms with Crippen LogP contribution in [0.5, 0.6) is 17.4 Å². The van der Waals surface area contributed by atoms with Gasteiger partial charge in [-0.2, -0.15) is 13.2 Å². The molecule has 0 radical (unpaired) electrons. The van der Waals surface area contributed by atoms with Crippen molar-refractivity contribution in [1.29, 1.82) is 0 Å². The highest BCUT2D eigenvalue weighted by Gasteiger charge is 2.34. The Morgan fingerprint density at radius 3 is 2.50 bits per heavy atom. The third-order valence-corrected chi connectivity index (χ3v) is 3.88. The van der Waals surface area contributed by atoms with E-state index in [9.17, 15) is 22.4 Å². The van der Waals surface area contributed by atoms with Crippen LogP contribution in [0, 0.1) is 5.82 Å². The van der Waals surface area contributed by atoms with Gasteiger partial charge in [0.25, 0.3) is 5.91 Å². The largest absolute Gasteiger partial charge is 0.483 e. The van der Waals surface area contributed by atoms with Gasteiger partial charge in [0, 0.05) is 18.8 Å². The van der Waals surface area contributed by atoms with Crippen LogP contribution >= 0.6 is 0 Å². The summed E-state index contributed by atoms with van der Waals surface area (Å²) in [5, 5.41) is 2.55. The minimum atomic E-state index is -4.58. The molecule has 0 saturated heterocycles. The van der Waals surface area contributed by atoms with Crippen LogP contribution in [0.2, 0.25) is 0 Å². The van der Waals surface area contributed by atoms with Gasteiger partial charge in [-0.05, 0) is 48.0 Å². The van der Waals surface area contributed by atoms with E-state index in [2.05, 4.69) is 10.3 Å². The Kier molecular flexibility index (Phi) is 6.51. The van der Waals surface area contributed by atoms with Crippen LogP contribution in [-0.2, 0) is 17.5 Å². The number of nitrogens with zero attached hydrogens (tertiary/aromatic N) is 1. The number of pyridine rings is 1. The second-order valence-corrected chi connectivity index (χ2v) is 6.12. The van der Waals surface area contributed by atoms with E-state index in [-0.39, 0.29) is 12.4 Å². The first-order valence-corrected chi connectivity index (χ1v) is 8.75. The van der Waals surface area contributed by atoms with Crippen molar-refractivity contribution in [1.82, 2.24) is 10.3 Å². The van der Waals surface area contributed by atoms with E-state index in [0.717, 1.165) is 12.1 Å². The smallest absolute Gasteiger partial charge is 0.419 e. The summed E-state index contributed by atoms with van der Waals surface area (Å²) < 4.78 is 62.3. The molecule has 156 valence electrons. The van der Waals surface area contributed by atoms with Crippen LogP contribution in [0.15, 0.2) is 66.9 Å². The first-order chi connectivity index (χ1) is 14.3. The van der Waals surface area contributed by atoms with Crippen molar-refractivity contribution in [2.24, 2.45) is 0 Å². The van der Waals surface area contributed by atoms with E-state index in [4.69, 9.17) is 9.47 Å². The maximum absolute atomic E-state index is 12.9. The van der Waals surface area contributed by atoms with Crippen LogP contribution in [-0.4, -0.2) is 17.5 Å². The van der Waals surface area contributed by atoms with Crippen molar-refractivity contribution in [3.8, 4) is 17.4 Å². The molecule has 0 saturated carbocycles. The molecule has 0 spiro atoms. The minimum absolute atomic E-state index is 0.0887. The summed E-state index contributed by atoms with van der Waals surface area (Å²) in [6, 6.07) is 13.3. The third-order valence-electron chi connectivity index (χ3n) is 3.88. The summed E-state index contributed by atoms with van der Waals surface area (Å²) in [7, 11) is 0. The number of para-hydroxylation sites is 1. The Morgan fingerprint density at radius 2 is 1.77 bits per heavy atom. The molecular formula is C21H16F4N2O3. The van der Waals surface area contributed by atoms with E-state index in [0.29, 0.717) is 11.3 Å². The highest BCUT2D eigenvalue weighted by molar-refractivity contribution is 5.77. The number of amides is 1. The fourth-order valence-corrected chi connectivity index (χ4v) is 2.46. The molecule has 2 aromatic carbocycles. The number of halogens is 4. The molecule has 0 fully saturated rings. The van der Waals surface area contributed by atoms with Gasteiger partial charge in [-0.1, -0.05) is 12.1 Å². The third kappa shape index (κ3) is 5.94. The lowest BCUT2D eigenvalue weighted by atomic mass is 10.2. The lowest BCUT2D eigenvalue weighted by molar-refractivity contribution is -0.139. The molecule has 30 heavy (non-hydrogen) atoms. The number of rotatable bonds is 7. The summed E-state index contributed by atoms with van der Waals surface area (Å²) >= 11 is 0. The van der Waals surface area contributed by atoms with Crippen LogP contribution in [0.1, 0.15) is 11.1 Å². The summed E-state index contributed by atoms with van der Waals surface area (Å²) in [4.78, 5) is 16.0. The Morgan fingerprint density at radius 1 is 1.03 bits per heavy atom. The molecule has 0 unspecified atom stereocenters. The standard InChI is InChI=1S/C21H16F4N2O3/c22-15-5-7-16(8-6-15)30-20-11-14(9-10-26-20)12-27-19(28)13-29-18-4-2-1-3-17(18)21(23,24)25/h1-11H,12-13H2,(H,27,28). The SMILES string of the molecule is O=C(COc1ccccc1C(F)(F)F)NCc1ccnc(Oc2ccc(F)cc2)c1. The molecule has 0 atom stereocenters. The van der Waals surface area contributed by atoms with Gasteiger partial charge in [0.15, 0.2) is 6.61 Å². The van der Waals surface area contributed by atoms with Gasteiger partial charge in [0.05, 0.1) is 5.56 Å². The zero-order valence-corrected chi connectivity index (χ0v) is 15.4. The van der Waals surface area contributed by atoms with E-state index < -0.39 is 35.8 Å². The number of aromatic nitrogens is 1. The van der Waals surface area contributed by atoms with E-state index in [1.54, 1.807) is 12.1 Å². The van der Waals surface area contributed by atoms with Gasteiger partial charge in [0.1, 0.15) is 17.3 Å². The number of benzene rings is 2. The van der Waals surface area contributed by atoms with Gasteiger partial charge in [-0.25, -0.2) is 9.37 Å². The monoisotopic (exact) mass is 420 g/mol. The maximum atomic E-state index is 12.9. The molecule has 0 aliphatic heterocycles. The van der Waals surface area contributed by atoms with Gasteiger partial charge in [-0.3, -0.25) is 4.79 Å². The molecule has 5 nitrogen and oxygen atoms in total. The number of carbonyl (C=O) groups is 1. The fraction of sp³-hybridized carbons (Fsp3) is 0.143. The highest BCUT2D eigenvalue weighted by Crippen LogP contribution is 2.35. The number of nitrogens with one attached hydrogen (secondary N) is 1. The van der Waals surface area contributed by atoms with Gasteiger partial charge < -0.3 is 14.8 Å². The molecule has 3 rings (SSSR count). The average molecular weight is 420 g/mol. The average Bonchev–Trinajstić information content (AvgIpc) is 2.72. The van der Waals surface area contributed by atoms with Crippen LogP contribution in [0.3, 0.4) is 0 Å². The van der Waals surface area contributed by atoms with Crippen molar-refractivity contribution >= 4 is 5.91 Å². The van der Waals surface area contributed by atoms with Crippen molar-refractivity contribution < 1.29 is 31.8 Å². The van der Waals surface area contributed by atoms with Crippen molar-refractivity contribution in [2.45, 2.75) is 12.7 Å². The molecule has 1 amide bonds. The fourth-order valence-electron chi connectivity index (χ4n) is 2.46. The molecule has 1 aromatic heterocycles. The van der Waals surface area contributed by atoms with E-state index in [1.165, 1.54) is 42.6 Å². The number of hydrogen-bond donors (Lipinski definition) is 1. The summed E-state index contributed by atoms with van der Waals surface area (Å²) in [6.45, 7) is -0.484. The van der Waals surface area contributed by atoms with Gasteiger partial charge in [0.2, 0.25) is 5.88 Å². The van der Waals surface area contributed by atoms with Crippen LogP contribution in [0.25, 0.3) is 0 Å². The second-order valence-electron chi connectivity index (χ2n) is 6.12. The molecule has 0 bridgehead atoms. The molecule has 3 aromatic rings. The molecule has 1 heterocycles. The Hall–Kier alpha value is -3.62. The molecule has 9 heteroatoms. The zero-order chi connectivity index (χ0) is 21.6. The van der Waals surface area contributed by atoms with Crippen LogP contribution < -0.4 is 14.8 Å². The normalized spacial score (nSPS) is 11.1. The first kappa shape index (κ1) is 21.1. The number of alkyl halides is 3. The Bertz CT molecular complexity index is 1010. The molecule has 0 aliphatic rings. The molecule has 0 aliphatic carbocycles. The van der Waals surface area contributed by atoms with Crippen molar-refractivity contribution in [3.05, 3.63) is 83.8 Å². The number of hydrogen-bond acceptors (Lipinski definition) is 4.